The molecule has 2 aromatic rings. The van der Waals surface area contributed by atoms with Crippen molar-refractivity contribution < 1.29 is 0 Å². The largest absolute Gasteiger partial charge is 0.240 e. The molecule has 1 aromatic heterocycles. The van der Waals surface area contributed by atoms with Crippen LogP contribution in [0.25, 0.3) is 5.69 Å². The Hall–Kier alpha value is -1.57. The molecule has 2 nitrogen and oxygen atoms in total. The second-order valence-electron chi connectivity index (χ2n) is 5.67. The van der Waals surface area contributed by atoms with Gasteiger partial charge in [0.2, 0.25) is 0 Å². The van der Waals surface area contributed by atoms with Gasteiger partial charge in [0, 0.05) is 6.20 Å². The topological polar surface area (TPSA) is 17.8 Å². The number of hydrogen-bond donors (Lipinski definition) is 0. The van der Waals surface area contributed by atoms with E-state index in [4.69, 9.17) is 0 Å². The molecule has 0 aliphatic heterocycles. The van der Waals surface area contributed by atoms with E-state index >= 15 is 0 Å². The minimum atomic E-state index is 0.521. The lowest BCUT2D eigenvalue weighted by Gasteiger charge is -2.09. The molecular weight excluding hydrogens is 232 g/mol. The Balaban J connectivity index is 2.30. The molecule has 1 heterocycles. The Bertz CT molecular complexity index is 535. The summed E-state index contributed by atoms with van der Waals surface area (Å²) in [6, 6.07) is 8.77. The van der Waals surface area contributed by atoms with Crippen LogP contribution in [-0.4, -0.2) is 9.78 Å². The van der Waals surface area contributed by atoms with Crippen LogP contribution in [0.2, 0.25) is 0 Å². The molecule has 0 aliphatic rings. The number of rotatable bonds is 4. The standard InChI is InChI=1S/C17H24N2/c1-6-13(4)15-7-9-16(10-8-15)19-11-17(12(2)3)14(5)18-19/h7-13H,6H2,1-5H3. The van der Waals surface area contributed by atoms with Crippen LogP contribution < -0.4 is 0 Å². The fourth-order valence-corrected chi connectivity index (χ4v) is 2.36. The number of nitrogens with zero attached hydrogens (tertiary/aromatic N) is 2. The van der Waals surface area contributed by atoms with Crippen LogP contribution in [0, 0.1) is 6.92 Å². The van der Waals surface area contributed by atoms with Crippen molar-refractivity contribution in [2.45, 2.75) is 52.9 Å². The molecule has 0 fully saturated rings. The van der Waals surface area contributed by atoms with Crippen LogP contribution in [0.1, 0.15) is 62.8 Å². The van der Waals surface area contributed by atoms with Crippen molar-refractivity contribution in [3.05, 3.63) is 47.3 Å². The lowest BCUT2D eigenvalue weighted by Crippen LogP contribution is -1.96. The van der Waals surface area contributed by atoms with Crippen molar-refractivity contribution in [3.8, 4) is 5.69 Å². The molecule has 1 unspecified atom stereocenters. The van der Waals surface area contributed by atoms with Gasteiger partial charge in [0.15, 0.2) is 0 Å². The Kier molecular flexibility index (Phi) is 4.08. The molecule has 102 valence electrons. The maximum Gasteiger partial charge on any atom is 0.0645 e. The third kappa shape index (κ3) is 2.89. The highest BCUT2D eigenvalue weighted by atomic mass is 15.3. The molecule has 0 saturated heterocycles. The molecule has 0 radical (unpaired) electrons. The molecule has 2 heteroatoms. The van der Waals surface area contributed by atoms with E-state index in [1.807, 2.05) is 4.68 Å². The molecule has 1 atom stereocenters. The molecule has 0 saturated carbocycles. The van der Waals surface area contributed by atoms with E-state index in [0.29, 0.717) is 11.8 Å². The van der Waals surface area contributed by atoms with Gasteiger partial charge >= 0.3 is 0 Å². The van der Waals surface area contributed by atoms with Crippen LogP contribution in [0.15, 0.2) is 30.5 Å². The average molecular weight is 256 g/mol. The molecule has 1 aromatic carbocycles. The molecule has 19 heavy (non-hydrogen) atoms. The van der Waals surface area contributed by atoms with Crippen LogP contribution >= 0.6 is 0 Å². The summed E-state index contributed by atoms with van der Waals surface area (Å²) < 4.78 is 1.99. The molecule has 0 aliphatic carbocycles. The number of aromatic nitrogens is 2. The SMILES string of the molecule is CCC(C)c1ccc(-n2cc(C(C)C)c(C)n2)cc1. The van der Waals surface area contributed by atoms with Crippen LogP contribution in [0.4, 0.5) is 0 Å². The first-order valence-corrected chi connectivity index (χ1v) is 7.19. The average Bonchev–Trinajstić information content (AvgIpc) is 2.80. The van der Waals surface area contributed by atoms with Crippen molar-refractivity contribution in [2.24, 2.45) is 0 Å². The molecule has 2 rings (SSSR count). The zero-order valence-electron chi connectivity index (χ0n) is 12.6. The van der Waals surface area contributed by atoms with Gasteiger partial charge in [0.1, 0.15) is 0 Å². The molecule has 0 N–H and O–H groups in total. The molecular formula is C17H24N2. The quantitative estimate of drug-likeness (QED) is 0.767. The first kappa shape index (κ1) is 13.9. The number of benzene rings is 1. The van der Waals surface area contributed by atoms with E-state index in [2.05, 4.69) is 70.2 Å². The van der Waals surface area contributed by atoms with Gasteiger partial charge in [0.05, 0.1) is 11.4 Å². The summed E-state index contributed by atoms with van der Waals surface area (Å²) in [6.07, 6.45) is 3.33. The van der Waals surface area contributed by atoms with Crippen LogP contribution in [0.5, 0.6) is 0 Å². The monoisotopic (exact) mass is 256 g/mol. The highest BCUT2D eigenvalue weighted by molar-refractivity contribution is 5.36. The van der Waals surface area contributed by atoms with Crippen molar-refractivity contribution in [2.75, 3.05) is 0 Å². The van der Waals surface area contributed by atoms with Crippen LogP contribution in [-0.2, 0) is 0 Å². The van der Waals surface area contributed by atoms with Gasteiger partial charge in [0.25, 0.3) is 0 Å². The Morgan fingerprint density at radius 1 is 1.11 bits per heavy atom. The Morgan fingerprint density at radius 2 is 1.74 bits per heavy atom. The fourth-order valence-electron chi connectivity index (χ4n) is 2.36. The third-order valence-electron chi connectivity index (χ3n) is 3.90. The fraction of sp³-hybridized carbons (Fsp3) is 0.471. The number of hydrogen-bond acceptors (Lipinski definition) is 1. The van der Waals surface area contributed by atoms with Gasteiger partial charge in [-0.2, -0.15) is 5.10 Å². The first-order chi connectivity index (χ1) is 9.02. The van der Waals surface area contributed by atoms with Gasteiger partial charge < -0.3 is 0 Å². The normalized spacial score (nSPS) is 12.9. The highest BCUT2D eigenvalue weighted by Crippen LogP contribution is 2.22. The van der Waals surface area contributed by atoms with Gasteiger partial charge in [-0.1, -0.05) is 39.8 Å². The first-order valence-electron chi connectivity index (χ1n) is 7.19. The molecule has 0 spiro atoms. The van der Waals surface area contributed by atoms with Gasteiger partial charge in [-0.15, -0.1) is 0 Å². The van der Waals surface area contributed by atoms with E-state index in [9.17, 15) is 0 Å². The van der Waals surface area contributed by atoms with E-state index in [1.165, 1.54) is 17.5 Å². The minimum absolute atomic E-state index is 0.521. The zero-order valence-corrected chi connectivity index (χ0v) is 12.6. The number of aryl methyl sites for hydroxylation is 1. The molecule has 0 bridgehead atoms. The van der Waals surface area contributed by atoms with Crippen molar-refractivity contribution in [3.63, 3.8) is 0 Å². The van der Waals surface area contributed by atoms with Gasteiger partial charge in [-0.25, -0.2) is 4.68 Å². The van der Waals surface area contributed by atoms with Gasteiger partial charge in [-0.05, 0) is 48.4 Å². The predicted molar refractivity (Wildman–Crippen MR) is 81.1 cm³/mol. The highest BCUT2D eigenvalue weighted by Gasteiger charge is 2.10. The lowest BCUT2D eigenvalue weighted by molar-refractivity contribution is 0.732. The summed E-state index contributed by atoms with van der Waals surface area (Å²) in [4.78, 5) is 0. The van der Waals surface area contributed by atoms with Crippen LogP contribution in [0.3, 0.4) is 0 Å². The second kappa shape index (κ2) is 5.60. The summed E-state index contributed by atoms with van der Waals surface area (Å²) in [7, 11) is 0. The third-order valence-corrected chi connectivity index (χ3v) is 3.90. The maximum absolute atomic E-state index is 4.61. The summed E-state index contributed by atoms with van der Waals surface area (Å²) in [5, 5.41) is 4.61. The van der Waals surface area contributed by atoms with E-state index in [1.54, 1.807) is 0 Å². The van der Waals surface area contributed by atoms with E-state index in [-0.39, 0.29) is 0 Å². The van der Waals surface area contributed by atoms with E-state index < -0.39 is 0 Å². The minimum Gasteiger partial charge on any atom is -0.240 e. The van der Waals surface area contributed by atoms with Crippen molar-refractivity contribution >= 4 is 0 Å². The Labute approximate surface area is 116 Å². The smallest absolute Gasteiger partial charge is 0.0645 e. The predicted octanol–water partition coefficient (Wildman–Crippen LogP) is 4.82. The summed E-state index contributed by atoms with van der Waals surface area (Å²) in [6.45, 7) is 11.0. The summed E-state index contributed by atoms with van der Waals surface area (Å²) in [5.74, 6) is 1.15. The summed E-state index contributed by atoms with van der Waals surface area (Å²) in [5.41, 5.74) is 4.99. The lowest BCUT2D eigenvalue weighted by atomic mass is 9.99. The van der Waals surface area contributed by atoms with Crippen molar-refractivity contribution in [1.29, 1.82) is 0 Å². The van der Waals surface area contributed by atoms with E-state index in [0.717, 1.165) is 11.4 Å². The summed E-state index contributed by atoms with van der Waals surface area (Å²) >= 11 is 0. The van der Waals surface area contributed by atoms with Crippen molar-refractivity contribution in [1.82, 2.24) is 9.78 Å². The zero-order chi connectivity index (χ0) is 14.0. The maximum atomic E-state index is 4.61. The Morgan fingerprint density at radius 3 is 2.21 bits per heavy atom. The molecule has 0 amide bonds. The van der Waals surface area contributed by atoms with Gasteiger partial charge in [-0.3, -0.25) is 0 Å². The second-order valence-corrected chi connectivity index (χ2v) is 5.67.